The number of benzene rings is 2. The number of nitrogens with zero attached hydrogens (tertiary/aromatic N) is 6. The number of likely N-dealkylation sites (tertiary alicyclic amines) is 2. The quantitative estimate of drug-likeness (QED) is 0.0908. The third-order valence-electron chi connectivity index (χ3n) is 11.0. The first kappa shape index (κ1) is 42.0. The maximum atomic E-state index is 14.1. The van der Waals surface area contributed by atoms with Crippen LogP contribution in [0.4, 0.5) is 0 Å². The number of β-amino-alcohol motifs (C(OH)–C–C–N with tert-alkyl or cyclic N) is 1. The lowest BCUT2D eigenvalue weighted by molar-refractivity contribution is -0.141. The predicted octanol–water partition coefficient (Wildman–Crippen LogP) is 5.51. The Morgan fingerprint density at radius 2 is 1.82 bits per heavy atom. The van der Waals surface area contributed by atoms with Gasteiger partial charge in [0.15, 0.2) is 11.4 Å². The molecule has 0 bridgehead atoms. The summed E-state index contributed by atoms with van der Waals surface area (Å²) >= 11 is 1.59. The van der Waals surface area contributed by atoms with Crippen LogP contribution in [0, 0.1) is 12.8 Å². The second kappa shape index (κ2) is 18.4. The lowest BCUT2D eigenvalue weighted by Crippen LogP contribution is -2.48. The smallest absolute Gasteiger partial charge is 0.290 e. The van der Waals surface area contributed by atoms with Gasteiger partial charge in [-0.2, -0.15) is 0 Å². The van der Waals surface area contributed by atoms with Crippen LogP contribution in [0.15, 0.2) is 76.8 Å². The molecule has 5 N–H and O–H groups in total. The second-order valence-electron chi connectivity index (χ2n) is 15.5. The number of thiazole rings is 1. The van der Waals surface area contributed by atoms with Gasteiger partial charge in [-0.1, -0.05) is 50.2 Å². The second-order valence-corrected chi connectivity index (χ2v) is 16.3. The molecule has 0 spiro atoms. The first-order valence-electron chi connectivity index (χ1n) is 19.8. The number of rotatable bonds is 13. The zero-order valence-electron chi connectivity index (χ0n) is 33.7. The third kappa shape index (κ3) is 9.17. The van der Waals surface area contributed by atoms with Crippen LogP contribution in [0.5, 0.6) is 11.6 Å². The van der Waals surface area contributed by atoms with Crippen molar-refractivity contribution in [2.24, 2.45) is 5.92 Å². The number of carboxylic acid groups (broad SMARTS) is 1. The van der Waals surface area contributed by atoms with Crippen molar-refractivity contribution in [1.29, 1.82) is 0 Å². The van der Waals surface area contributed by atoms with Gasteiger partial charge in [0, 0.05) is 61.2 Å². The first-order valence-corrected chi connectivity index (χ1v) is 20.7. The summed E-state index contributed by atoms with van der Waals surface area (Å²) in [6.07, 6.45) is -0.674. The van der Waals surface area contributed by atoms with E-state index in [-0.39, 0.29) is 54.8 Å². The summed E-state index contributed by atoms with van der Waals surface area (Å²) in [6.45, 7) is 10.3. The number of nitrogens with one attached hydrogen (secondary N) is 2. The van der Waals surface area contributed by atoms with Crippen LogP contribution >= 0.6 is 11.3 Å². The Morgan fingerprint density at radius 3 is 2.52 bits per heavy atom. The molecule has 2 aromatic carbocycles. The maximum absolute atomic E-state index is 14.1. The number of hydrogen-bond acceptors (Lipinski definition) is 13. The topological polar surface area (TPSA) is 220 Å². The van der Waals surface area contributed by atoms with Crippen molar-refractivity contribution >= 4 is 40.7 Å². The Labute approximate surface area is 350 Å². The van der Waals surface area contributed by atoms with Crippen LogP contribution in [0.2, 0.25) is 0 Å². The van der Waals surface area contributed by atoms with Gasteiger partial charge < -0.3 is 39.8 Å². The van der Waals surface area contributed by atoms with Crippen molar-refractivity contribution < 1.29 is 39.0 Å². The van der Waals surface area contributed by atoms with Crippen LogP contribution in [-0.2, 0) is 14.4 Å². The molecule has 0 radical (unpaired) electrons. The minimum atomic E-state index is -0.826. The zero-order chi connectivity index (χ0) is 42.5. The minimum Gasteiger partial charge on any atom is -0.507 e. The highest BCUT2D eigenvalue weighted by Crippen LogP contribution is 2.35. The summed E-state index contributed by atoms with van der Waals surface area (Å²) in [7, 11) is 0. The largest absolute Gasteiger partial charge is 0.507 e. The molecule has 2 fully saturated rings. The van der Waals surface area contributed by atoms with E-state index in [4.69, 9.17) is 19.2 Å². The lowest BCUT2D eigenvalue weighted by Gasteiger charge is -2.38. The average Bonchev–Trinajstić information content (AvgIpc) is 4.03. The standard InChI is InChI=1S/C42H46N8O6S.CH2O2/c1-23(2)38(42(54)50-21-30(51)17-34(50)41(53)44-24(3)26-9-11-27(12-10-26)39-25(4)43-22-57-39)36-18-37(48-56-36)55-14-13-49-19-29(20-49)32-15-28-16-33(46-47-40(28)45-32)31-7-5-6-8-35(31)52;2-1-3/h5-12,15-16,18,22-24,29-30,34,38,51-52H,13-14,17,19-21H2,1-4H3,(H,44,53)(H,45,47);1H,(H,2,3)/t24-,30+,34-,38+;/m0./s1. The molecule has 0 unspecified atom stereocenters. The van der Waals surface area contributed by atoms with Crippen LogP contribution in [0.1, 0.15) is 67.8 Å². The number of aliphatic hydroxyl groups is 1. The van der Waals surface area contributed by atoms with Gasteiger partial charge in [-0.3, -0.25) is 19.3 Å². The Kier molecular flexibility index (Phi) is 12.9. The summed E-state index contributed by atoms with van der Waals surface area (Å²) in [4.78, 5) is 48.7. The van der Waals surface area contributed by atoms with E-state index in [1.807, 2.05) is 75.7 Å². The predicted molar refractivity (Wildman–Crippen MR) is 223 cm³/mol. The molecule has 8 rings (SSSR count). The van der Waals surface area contributed by atoms with Crippen molar-refractivity contribution in [3.8, 4) is 33.3 Å². The molecule has 60 heavy (non-hydrogen) atoms. The fourth-order valence-electron chi connectivity index (χ4n) is 7.83. The van der Waals surface area contributed by atoms with E-state index in [1.54, 1.807) is 29.5 Å². The molecule has 4 atom stereocenters. The number of hydrogen-bond donors (Lipinski definition) is 5. The molecular weight excluding hydrogens is 789 g/mol. The highest BCUT2D eigenvalue weighted by atomic mass is 32.1. The number of aryl methyl sites for hydroxylation is 1. The van der Waals surface area contributed by atoms with E-state index in [0.29, 0.717) is 41.7 Å². The van der Waals surface area contributed by atoms with Crippen LogP contribution in [0.25, 0.3) is 32.7 Å². The Morgan fingerprint density at radius 1 is 1.07 bits per heavy atom. The van der Waals surface area contributed by atoms with Gasteiger partial charge in [0.05, 0.1) is 33.9 Å². The number of phenolic OH excluding ortho intramolecular Hbond substituents is 1. The van der Waals surface area contributed by atoms with Crippen molar-refractivity contribution in [3.63, 3.8) is 0 Å². The van der Waals surface area contributed by atoms with E-state index < -0.39 is 18.1 Å². The van der Waals surface area contributed by atoms with E-state index in [2.05, 4.69) is 41.6 Å². The molecule has 2 aliphatic rings. The fourth-order valence-corrected chi connectivity index (χ4v) is 8.64. The molecule has 16 nitrogen and oxygen atoms in total. The number of aromatic hydroxyl groups is 1. The van der Waals surface area contributed by atoms with Gasteiger partial charge in [0.2, 0.25) is 11.8 Å². The van der Waals surface area contributed by atoms with Crippen LogP contribution in [0.3, 0.4) is 0 Å². The molecule has 6 aromatic rings. The summed E-state index contributed by atoms with van der Waals surface area (Å²) < 4.78 is 11.6. The molecule has 0 saturated carbocycles. The fraction of sp³-hybridized carbons (Fsp3) is 0.372. The molecular formula is C43H48N8O8S. The van der Waals surface area contributed by atoms with E-state index in [9.17, 15) is 19.8 Å². The first-order chi connectivity index (χ1) is 28.9. The molecule has 6 heterocycles. The molecule has 0 aliphatic carbocycles. The molecule has 2 amide bonds. The highest BCUT2D eigenvalue weighted by Gasteiger charge is 2.43. The number of amides is 2. The summed E-state index contributed by atoms with van der Waals surface area (Å²) in [6, 6.07) is 19.6. The van der Waals surface area contributed by atoms with Crippen LogP contribution < -0.4 is 10.1 Å². The Bertz CT molecular complexity index is 2420. The third-order valence-corrected chi connectivity index (χ3v) is 12.0. The number of aliphatic hydroxyl groups excluding tert-OH is 1. The Balaban J connectivity index is 0.00000176. The van der Waals surface area contributed by atoms with Crippen LogP contribution in [-0.4, -0.2) is 114 Å². The summed E-state index contributed by atoms with van der Waals surface area (Å²) in [5.41, 5.74) is 7.86. The van der Waals surface area contributed by atoms with Crippen molar-refractivity contribution in [2.75, 3.05) is 32.8 Å². The molecule has 314 valence electrons. The van der Waals surface area contributed by atoms with E-state index in [1.165, 1.54) is 4.90 Å². The maximum Gasteiger partial charge on any atom is 0.290 e. The van der Waals surface area contributed by atoms with Crippen molar-refractivity contribution in [1.82, 2.24) is 40.4 Å². The number of aromatic amines is 1. The van der Waals surface area contributed by atoms with Gasteiger partial charge in [-0.15, -0.1) is 21.5 Å². The number of carbonyl (C=O) groups excluding carboxylic acids is 2. The van der Waals surface area contributed by atoms with E-state index in [0.717, 1.165) is 45.9 Å². The van der Waals surface area contributed by atoms with Gasteiger partial charge in [-0.05, 0) is 60.3 Å². The molecule has 17 heteroatoms. The van der Waals surface area contributed by atoms with Crippen molar-refractivity contribution in [2.45, 2.75) is 64.1 Å². The number of phenols is 1. The monoisotopic (exact) mass is 836 g/mol. The van der Waals surface area contributed by atoms with E-state index >= 15 is 0 Å². The average molecular weight is 837 g/mol. The summed E-state index contributed by atoms with van der Waals surface area (Å²) in [5, 5.41) is 44.5. The Hall–Kier alpha value is -6.17. The van der Waals surface area contributed by atoms with Gasteiger partial charge in [-0.25, -0.2) is 4.98 Å². The molecule has 4 aromatic heterocycles. The zero-order valence-corrected chi connectivity index (χ0v) is 34.5. The summed E-state index contributed by atoms with van der Waals surface area (Å²) in [5.74, 6) is -0.393. The normalized spacial score (nSPS) is 17.8. The minimum absolute atomic E-state index is 0.0525. The van der Waals surface area contributed by atoms with Gasteiger partial charge in [0.25, 0.3) is 12.4 Å². The number of aromatic nitrogens is 5. The van der Waals surface area contributed by atoms with Gasteiger partial charge >= 0.3 is 0 Å². The molecule has 2 aliphatic heterocycles. The number of carbonyl (C=O) groups is 3. The SMILES string of the molecule is Cc1ncsc1-c1ccc([C@H](C)NC(=O)[C@@H]2C[C@@H](O)CN2C(=O)[C@@H](c2cc(OCCN3CC(c4cc5cc(-c6ccccc6O)nnc5[nH]4)C3)no2)C(C)C)cc1.O=CO. The number of H-pyrrole nitrogens is 1. The molecule has 2 saturated heterocycles. The van der Waals surface area contributed by atoms with Crippen molar-refractivity contribution in [3.05, 3.63) is 95.0 Å². The number of para-hydroxylation sites is 1. The number of ether oxygens (including phenoxy) is 1. The van der Waals surface area contributed by atoms with Gasteiger partial charge in [0.1, 0.15) is 24.3 Å². The lowest BCUT2D eigenvalue weighted by atomic mass is 9.91. The number of fused-ring (bicyclic) bond motifs is 1. The highest BCUT2D eigenvalue weighted by molar-refractivity contribution is 7.13.